The van der Waals surface area contributed by atoms with Gasteiger partial charge in [0.25, 0.3) is 0 Å². The van der Waals surface area contributed by atoms with E-state index in [0.717, 1.165) is 17.1 Å². The Morgan fingerprint density at radius 2 is 2.16 bits per heavy atom. The maximum absolute atomic E-state index is 13.5. The first-order chi connectivity index (χ1) is 9.27. The first-order valence-corrected chi connectivity index (χ1v) is 7.89. The first-order valence-electron chi connectivity index (χ1n) is 6.73. The first kappa shape index (κ1) is 16.1. The Morgan fingerprint density at radius 3 is 2.89 bits per heavy atom. The number of halogens is 1. The number of thioether (sulfide) groups is 1. The van der Waals surface area contributed by atoms with Gasteiger partial charge >= 0.3 is 0 Å². The lowest BCUT2D eigenvalue weighted by molar-refractivity contribution is 0.305. The van der Waals surface area contributed by atoms with Crippen LogP contribution in [0.3, 0.4) is 0 Å². The van der Waals surface area contributed by atoms with Gasteiger partial charge in [0.2, 0.25) is 0 Å². The normalized spacial score (nSPS) is 10.1. The molecule has 0 bridgehead atoms. The molecule has 0 spiro atoms. The van der Waals surface area contributed by atoms with Crippen molar-refractivity contribution in [2.75, 3.05) is 12.4 Å². The quantitative estimate of drug-likeness (QED) is 0.602. The minimum Gasteiger partial charge on any atom is -0.395 e. The number of aliphatic hydroxyl groups excluding tert-OH is 1. The molecule has 0 amide bonds. The van der Waals surface area contributed by atoms with Crippen molar-refractivity contribution in [2.24, 2.45) is 0 Å². The summed E-state index contributed by atoms with van der Waals surface area (Å²) < 4.78 is 13.5. The zero-order chi connectivity index (χ0) is 13.9. The van der Waals surface area contributed by atoms with E-state index in [1.54, 1.807) is 0 Å². The van der Waals surface area contributed by atoms with Gasteiger partial charge in [0.1, 0.15) is 5.82 Å². The molecule has 3 heteroatoms. The minimum absolute atomic E-state index is 0.0155. The summed E-state index contributed by atoms with van der Waals surface area (Å²) in [4.78, 5) is 0. The van der Waals surface area contributed by atoms with Gasteiger partial charge in [-0.05, 0) is 29.9 Å². The highest BCUT2D eigenvalue weighted by atomic mass is 32.2. The monoisotopic (exact) mass is 280 g/mol. The molecule has 0 heterocycles. The van der Waals surface area contributed by atoms with Gasteiger partial charge < -0.3 is 5.11 Å². The zero-order valence-corrected chi connectivity index (χ0v) is 12.2. The van der Waals surface area contributed by atoms with Crippen LogP contribution in [0.15, 0.2) is 18.2 Å². The van der Waals surface area contributed by atoms with Crippen molar-refractivity contribution in [3.05, 3.63) is 35.1 Å². The maximum Gasteiger partial charge on any atom is 0.138 e. The van der Waals surface area contributed by atoms with Crippen LogP contribution in [0.5, 0.6) is 0 Å². The van der Waals surface area contributed by atoms with E-state index >= 15 is 0 Å². The minimum atomic E-state index is -0.287. The highest BCUT2D eigenvalue weighted by molar-refractivity contribution is 7.98. The summed E-state index contributed by atoms with van der Waals surface area (Å²) in [5.74, 6) is 7.29. The van der Waals surface area contributed by atoms with Crippen LogP contribution in [0, 0.1) is 17.7 Å². The molecule has 0 atom stereocenters. The Balaban J connectivity index is 2.51. The largest absolute Gasteiger partial charge is 0.395 e. The topological polar surface area (TPSA) is 20.2 Å². The van der Waals surface area contributed by atoms with Gasteiger partial charge in [-0.25, -0.2) is 4.39 Å². The fourth-order valence-electron chi connectivity index (χ4n) is 1.62. The van der Waals surface area contributed by atoms with Crippen molar-refractivity contribution < 1.29 is 9.50 Å². The third kappa shape index (κ3) is 6.66. The Bertz CT molecular complexity index is 434. The molecular formula is C16H21FOS. The molecule has 19 heavy (non-hydrogen) atoms. The summed E-state index contributed by atoms with van der Waals surface area (Å²) in [6.07, 6.45) is 4.14. The fraction of sp³-hybridized carbons (Fsp3) is 0.500. The predicted octanol–water partition coefficient (Wildman–Crippen LogP) is 3.98. The molecule has 0 aliphatic heterocycles. The summed E-state index contributed by atoms with van der Waals surface area (Å²) in [6.45, 7) is 2.21. The van der Waals surface area contributed by atoms with E-state index in [9.17, 15) is 4.39 Å². The Kier molecular flexibility index (Phi) is 8.36. The van der Waals surface area contributed by atoms with Crippen LogP contribution in [-0.4, -0.2) is 17.5 Å². The second-order valence-electron chi connectivity index (χ2n) is 4.35. The molecular weight excluding hydrogens is 259 g/mol. The Hall–Kier alpha value is -0.980. The van der Waals surface area contributed by atoms with E-state index in [2.05, 4.69) is 18.8 Å². The second kappa shape index (κ2) is 9.89. The van der Waals surface area contributed by atoms with Crippen LogP contribution in [0.25, 0.3) is 0 Å². The molecule has 0 unspecified atom stereocenters. The SMILES string of the molecule is CCCCCSCc1ccc(F)c(C#CCCO)c1. The van der Waals surface area contributed by atoms with Crippen LogP contribution in [0.2, 0.25) is 0 Å². The zero-order valence-electron chi connectivity index (χ0n) is 11.4. The number of aliphatic hydroxyl groups is 1. The van der Waals surface area contributed by atoms with Gasteiger partial charge in [-0.3, -0.25) is 0 Å². The van der Waals surface area contributed by atoms with Crippen molar-refractivity contribution in [1.82, 2.24) is 0 Å². The van der Waals surface area contributed by atoms with Crippen LogP contribution in [-0.2, 0) is 5.75 Å². The van der Waals surface area contributed by atoms with E-state index in [4.69, 9.17) is 5.11 Å². The van der Waals surface area contributed by atoms with Crippen molar-refractivity contribution in [3.63, 3.8) is 0 Å². The lowest BCUT2D eigenvalue weighted by Gasteiger charge is -2.03. The van der Waals surface area contributed by atoms with Gasteiger partial charge in [0.05, 0.1) is 12.2 Å². The van der Waals surface area contributed by atoms with Crippen molar-refractivity contribution in [1.29, 1.82) is 0 Å². The van der Waals surface area contributed by atoms with E-state index < -0.39 is 0 Å². The number of unbranched alkanes of at least 4 members (excludes halogenated alkanes) is 2. The smallest absolute Gasteiger partial charge is 0.138 e. The van der Waals surface area contributed by atoms with Gasteiger partial charge in [0, 0.05) is 12.2 Å². The average molecular weight is 280 g/mol. The molecule has 0 aliphatic rings. The Labute approximate surface area is 119 Å². The molecule has 0 aromatic heterocycles. The molecule has 1 rings (SSSR count). The molecule has 104 valence electrons. The van der Waals surface area contributed by atoms with Gasteiger partial charge in [-0.2, -0.15) is 11.8 Å². The number of hydrogen-bond acceptors (Lipinski definition) is 2. The Morgan fingerprint density at radius 1 is 1.32 bits per heavy atom. The molecule has 1 aromatic rings. The third-order valence-corrected chi connectivity index (χ3v) is 3.77. The number of benzene rings is 1. The standard InChI is InChI=1S/C16H21FOS/c1-2-3-6-11-19-13-14-8-9-16(17)15(12-14)7-4-5-10-18/h8-9,12,18H,2-3,5-6,10-11,13H2,1H3. The molecule has 1 N–H and O–H groups in total. The average Bonchev–Trinajstić information content (AvgIpc) is 2.42. The highest BCUT2D eigenvalue weighted by Gasteiger charge is 2.01. The van der Waals surface area contributed by atoms with Crippen LogP contribution >= 0.6 is 11.8 Å². The molecule has 0 aliphatic carbocycles. The van der Waals surface area contributed by atoms with Gasteiger partial charge in [0.15, 0.2) is 0 Å². The van der Waals surface area contributed by atoms with Gasteiger partial charge in [-0.1, -0.05) is 37.7 Å². The lowest BCUT2D eigenvalue weighted by atomic mass is 10.1. The third-order valence-electron chi connectivity index (χ3n) is 2.65. The number of rotatable bonds is 7. The van der Waals surface area contributed by atoms with Gasteiger partial charge in [-0.15, -0.1) is 0 Å². The summed E-state index contributed by atoms with van der Waals surface area (Å²) >= 11 is 1.88. The van der Waals surface area contributed by atoms with Crippen molar-refractivity contribution in [2.45, 2.75) is 38.4 Å². The maximum atomic E-state index is 13.5. The number of hydrogen-bond donors (Lipinski definition) is 1. The molecule has 0 saturated heterocycles. The molecule has 0 radical (unpaired) electrons. The fourth-order valence-corrected chi connectivity index (χ4v) is 2.58. The molecule has 1 aromatic carbocycles. The summed E-state index contributed by atoms with van der Waals surface area (Å²) in [5, 5.41) is 8.66. The van der Waals surface area contributed by atoms with E-state index in [-0.39, 0.29) is 12.4 Å². The van der Waals surface area contributed by atoms with E-state index in [0.29, 0.717) is 12.0 Å². The molecule has 0 fully saturated rings. The highest BCUT2D eigenvalue weighted by Crippen LogP contribution is 2.17. The second-order valence-corrected chi connectivity index (χ2v) is 5.45. The van der Waals surface area contributed by atoms with Crippen molar-refractivity contribution >= 4 is 11.8 Å². The molecule has 1 nitrogen and oxygen atoms in total. The molecule has 0 saturated carbocycles. The van der Waals surface area contributed by atoms with Crippen LogP contribution in [0.4, 0.5) is 4.39 Å². The van der Waals surface area contributed by atoms with Crippen molar-refractivity contribution in [3.8, 4) is 11.8 Å². The van der Waals surface area contributed by atoms with E-state index in [1.165, 1.54) is 25.3 Å². The summed E-state index contributed by atoms with van der Waals surface area (Å²) in [7, 11) is 0. The lowest BCUT2D eigenvalue weighted by Crippen LogP contribution is -1.89. The van der Waals surface area contributed by atoms with Crippen LogP contribution in [0.1, 0.15) is 43.7 Å². The van der Waals surface area contributed by atoms with Crippen LogP contribution < -0.4 is 0 Å². The van der Waals surface area contributed by atoms with E-state index in [1.807, 2.05) is 23.9 Å². The summed E-state index contributed by atoms with van der Waals surface area (Å²) in [5.41, 5.74) is 1.54. The summed E-state index contributed by atoms with van der Waals surface area (Å²) in [6, 6.07) is 5.11. The predicted molar refractivity (Wildman–Crippen MR) is 80.7 cm³/mol.